The van der Waals surface area contributed by atoms with E-state index in [1.165, 1.54) is 16.7 Å². The van der Waals surface area contributed by atoms with Gasteiger partial charge in [0.2, 0.25) is 0 Å². The molecule has 0 radical (unpaired) electrons. The van der Waals surface area contributed by atoms with Crippen molar-refractivity contribution in [2.45, 2.75) is 89.4 Å². The first kappa shape index (κ1) is 37.2. The third-order valence-electron chi connectivity index (χ3n) is 12.4. The van der Waals surface area contributed by atoms with Crippen LogP contribution in [0, 0.1) is 11.3 Å². The second-order valence-electron chi connectivity index (χ2n) is 15.8. The van der Waals surface area contributed by atoms with Crippen LogP contribution in [0.2, 0.25) is 0 Å². The summed E-state index contributed by atoms with van der Waals surface area (Å²) in [4.78, 5) is 22.2. The minimum atomic E-state index is -0.683. The highest BCUT2D eigenvalue weighted by Gasteiger charge is 2.48. The van der Waals surface area contributed by atoms with Gasteiger partial charge >= 0.3 is 5.97 Å². The topological polar surface area (TPSA) is 99.9 Å². The molecule has 0 amide bonds. The molecular formula is C43H57N7O3. The van der Waals surface area contributed by atoms with Crippen molar-refractivity contribution in [3.63, 3.8) is 0 Å². The molecule has 3 fully saturated rings. The van der Waals surface area contributed by atoms with Gasteiger partial charge in [-0.1, -0.05) is 92.6 Å². The van der Waals surface area contributed by atoms with E-state index in [-0.39, 0.29) is 17.9 Å². The van der Waals surface area contributed by atoms with E-state index >= 15 is 0 Å². The van der Waals surface area contributed by atoms with E-state index < -0.39 is 5.97 Å². The molecule has 1 aliphatic carbocycles. The quantitative estimate of drug-likeness (QED) is 0.150. The molecule has 0 spiro atoms. The largest absolute Gasteiger partial charge is 0.497 e. The van der Waals surface area contributed by atoms with Gasteiger partial charge in [0.15, 0.2) is 5.82 Å². The van der Waals surface area contributed by atoms with Gasteiger partial charge in [-0.05, 0) is 91.7 Å². The minimum absolute atomic E-state index is 0.209. The normalized spacial score (nSPS) is 24.5. The number of piperidine rings is 1. The summed E-state index contributed by atoms with van der Waals surface area (Å²) >= 11 is 0. The number of tetrazole rings is 1. The van der Waals surface area contributed by atoms with Crippen LogP contribution < -0.4 is 4.74 Å². The lowest BCUT2D eigenvalue weighted by atomic mass is 9.64. The molecule has 2 aliphatic heterocycles. The zero-order valence-electron chi connectivity index (χ0n) is 31.6. The Hall–Kier alpha value is -4.12. The van der Waals surface area contributed by atoms with Gasteiger partial charge in [-0.2, -0.15) is 4.80 Å². The number of aliphatic carboxylic acids is 1. The summed E-state index contributed by atoms with van der Waals surface area (Å²) in [5, 5.41) is 23.8. The predicted molar refractivity (Wildman–Crippen MR) is 207 cm³/mol. The van der Waals surface area contributed by atoms with Crippen LogP contribution in [-0.4, -0.2) is 104 Å². The van der Waals surface area contributed by atoms with E-state index in [1.54, 1.807) is 11.9 Å². The summed E-state index contributed by atoms with van der Waals surface area (Å²) < 4.78 is 5.43. The molecule has 3 aliphatic rings. The molecule has 1 saturated carbocycles. The number of ether oxygens (including phenoxy) is 1. The van der Waals surface area contributed by atoms with Crippen molar-refractivity contribution in [2.24, 2.45) is 11.3 Å². The Balaban J connectivity index is 1.02. The van der Waals surface area contributed by atoms with Crippen LogP contribution in [0.3, 0.4) is 0 Å². The van der Waals surface area contributed by atoms with Crippen LogP contribution in [-0.2, 0) is 24.3 Å². The molecule has 2 saturated heterocycles. The zero-order valence-corrected chi connectivity index (χ0v) is 31.6. The molecule has 0 bridgehead atoms. The first-order valence-electron chi connectivity index (χ1n) is 19.8. The lowest BCUT2D eigenvalue weighted by molar-refractivity contribution is -0.142. The molecular weight excluding hydrogens is 663 g/mol. The second-order valence-corrected chi connectivity index (χ2v) is 15.8. The maximum absolute atomic E-state index is 12.5. The van der Waals surface area contributed by atoms with E-state index in [0.717, 1.165) is 102 Å². The van der Waals surface area contributed by atoms with Crippen molar-refractivity contribution in [2.75, 3.05) is 46.4 Å². The van der Waals surface area contributed by atoms with E-state index in [9.17, 15) is 9.90 Å². The number of carbonyl (C=O) groups is 1. The third-order valence-corrected chi connectivity index (χ3v) is 12.4. The first-order chi connectivity index (χ1) is 25.9. The van der Waals surface area contributed by atoms with Crippen LogP contribution in [0.5, 0.6) is 5.75 Å². The van der Waals surface area contributed by atoms with Crippen LogP contribution in [0.1, 0.15) is 80.3 Å². The second kappa shape index (κ2) is 17.3. The Morgan fingerprint density at radius 3 is 2.36 bits per heavy atom. The molecule has 282 valence electrons. The minimum Gasteiger partial charge on any atom is -0.497 e. The number of benzene rings is 3. The summed E-state index contributed by atoms with van der Waals surface area (Å²) in [6.07, 6.45) is 7.51. The van der Waals surface area contributed by atoms with Gasteiger partial charge in [-0.3, -0.25) is 14.6 Å². The van der Waals surface area contributed by atoms with E-state index in [2.05, 4.69) is 86.5 Å². The molecule has 4 atom stereocenters. The molecule has 53 heavy (non-hydrogen) atoms. The molecule has 3 heterocycles. The van der Waals surface area contributed by atoms with Crippen LogP contribution >= 0.6 is 0 Å². The summed E-state index contributed by atoms with van der Waals surface area (Å²) in [7, 11) is 1.69. The Labute approximate surface area is 315 Å². The summed E-state index contributed by atoms with van der Waals surface area (Å²) in [5.74, 6) is 1.86. The SMILES string of the molecule is CCN(Cc1nnn(Cc2ccccc2)n1)C1CCN(C[C@H]2CN([C@@H]3CCCCC3(CC(=O)O)Cc3ccc(OC)cc3)C[C@@H]2c2ccccc2)CC1. The number of methoxy groups -OCH3 is 1. The van der Waals surface area contributed by atoms with Crippen molar-refractivity contribution in [3.8, 4) is 5.75 Å². The highest BCUT2D eigenvalue weighted by Crippen LogP contribution is 2.48. The number of hydrogen-bond acceptors (Lipinski definition) is 8. The van der Waals surface area contributed by atoms with Gasteiger partial charge in [0, 0.05) is 43.1 Å². The number of likely N-dealkylation sites (tertiary alicyclic amines) is 2. The van der Waals surface area contributed by atoms with E-state index in [4.69, 9.17) is 9.84 Å². The molecule has 7 rings (SSSR count). The highest BCUT2D eigenvalue weighted by molar-refractivity contribution is 5.68. The fourth-order valence-corrected chi connectivity index (χ4v) is 9.84. The maximum atomic E-state index is 12.5. The fourth-order valence-electron chi connectivity index (χ4n) is 9.84. The predicted octanol–water partition coefficient (Wildman–Crippen LogP) is 6.38. The van der Waals surface area contributed by atoms with Crippen LogP contribution in [0.25, 0.3) is 0 Å². The Bertz CT molecular complexity index is 1730. The van der Waals surface area contributed by atoms with Crippen LogP contribution in [0.4, 0.5) is 0 Å². The van der Waals surface area contributed by atoms with Crippen molar-refractivity contribution in [1.82, 2.24) is 34.9 Å². The average Bonchev–Trinajstić information content (AvgIpc) is 3.81. The lowest BCUT2D eigenvalue weighted by Crippen LogP contribution is -2.51. The van der Waals surface area contributed by atoms with Gasteiger partial charge in [-0.25, -0.2) is 0 Å². The molecule has 1 N–H and O–H groups in total. The Morgan fingerprint density at radius 1 is 0.925 bits per heavy atom. The number of nitrogens with zero attached hydrogens (tertiary/aromatic N) is 7. The Kier molecular flexibility index (Phi) is 12.2. The van der Waals surface area contributed by atoms with Gasteiger partial charge in [0.25, 0.3) is 0 Å². The average molecular weight is 720 g/mol. The van der Waals surface area contributed by atoms with Crippen molar-refractivity contribution >= 4 is 5.97 Å². The molecule has 10 heteroatoms. The van der Waals surface area contributed by atoms with Gasteiger partial charge < -0.3 is 14.7 Å². The highest BCUT2D eigenvalue weighted by atomic mass is 16.5. The maximum Gasteiger partial charge on any atom is 0.303 e. The fraction of sp³-hybridized carbons (Fsp3) is 0.535. The van der Waals surface area contributed by atoms with E-state index in [0.29, 0.717) is 24.4 Å². The van der Waals surface area contributed by atoms with Gasteiger partial charge in [0.1, 0.15) is 5.75 Å². The molecule has 4 aromatic rings. The number of hydrogen-bond donors (Lipinski definition) is 1. The standard InChI is InChI=1S/C43H57N7O3/c1-3-48(32-41-44-46-50(45-41)28-34-12-6-4-7-13-34)37-21-24-47(25-22-37)29-36-30-49(31-39(36)35-14-8-5-9-15-35)40-16-10-11-23-43(40,27-42(51)52)26-33-17-19-38(53-2)20-18-33/h4-9,12-15,17-20,36-37,39-40H,3,10-11,16,21-32H2,1-2H3,(H,51,52)/t36-,39+,40+,43?/m0/s1. The van der Waals surface area contributed by atoms with E-state index in [1.807, 2.05) is 30.3 Å². The first-order valence-corrected chi connectivity index (χ1v) is 19.8. The summed E-state index contributed by atoms with van der Waals surface area (Å²) in [6, 6.07) is 30.4. The number of carboxylic acids is 1. The number of rotatable bonds is 15. The molecule has 1 aromatic heterocycles. The molecule has 1 unspecified atom stereocenters. The zero-order chi connectivity index (χ0) is 36.6. The lowest BCUT2D eigenvalue weighted by Gasteiger charge is -2.48. The monoisotopic (exact) mass is 719 g/mol. The van der Waals surface area contributed by atoms with Crippen molar-refractivity contribution in [1.29, 1.82) is 0 Å². The van der Waals surface area contributed by atoms with Crippen LogP contribution in [0.15, 0.2) is 84.9 Å². The molecule has 3 aromatic carbocycles. The summed E-state index contributed by atoms with van der Waals surface area (Å²) in [5.41, 5.74) is 3.49. The van der Waals surface area contributed by atoms with Gasteiger partial charge in [-0.15, -0.1) is 10.2 Å². The van der Waals surface area contributed by atoms with Crippen molar-refractivity contribution < 1.29 is 14.6 Å². The third kappa shape index (κ3) is 9.16. The van der Waals surface area contributed by atoms with Crippen molar-refractivity contribution in [3.05, 3.63) is 107 Å². The Morgan fingerprint density at radius 2 is 1.66 bits per heavy atom. The number of carboxylic acid groups (broad SMARTS) is 1. The molecule has 10 nitrogen and oxygen atoms in total. The number of aromatic nitrogens is 4. The summed E-state index contributed by atoms with van der Waals surface area (Å²) in [6.45, 7) is 9.78. The van der Waals surface area contributed by atoms with Gasteiger partial charge in [0.05, 0.1) is 26.6 Å². The smallest absolute Gasteiger partial charge is 0.303 e.